The van der Waals surface area contributed by atoms with Crippen molar-refractivity contribution in [1.82, 2.24) is 0 Å². The smallest absolute Gasteiger partial charge is 0.0861 e. The second-order valence-corrected chi connectivity index (χ2v) is 4.43. The lowest BCUT2D eigenvalue weighted by atomic mass is 9.93. The van der Waals surface area contributed by atoms with Crippen molar-refractivity contribution in [1.29, 1.82) is 0 Å². The van der Waals surface area contributed by atoms with Crippen LogP contribution in [0.25, 0.3) is 0 Å². The van der Waals surface area contributed by atoms with Gasteiger partial charge in [0.1, 0.15) is 0 Å². The molecule has 1 fully saturated rings. The Bertz CT molecular complexity index is 117. The average molecular weight is 172 g/mol. The summed E-state index contributed by atoms with van der Waals surface area (Å²) in [6, 6.07) is 0.788. The number of hydrogen-bond donors (Lipinski definition) is 2. The Labute approximate surface area is 75.4 Å². The van der Waals surface area contributed by atoms with Gasteiger partial charge in [0.15, 0.2) is 0 Å². The molecule has 1 aliphatic carbocycles. The summed E-state index contributed by atoms with van der Waals surface area (Å²) in [5.74, 6) is 0.789. The van der Waals surface area contributed by atoms with E-state index >= 15 is 0 Å². The van der Waals surface area contributed by atoms with E-state index in [1.807, 2.05) is 0 Å². The summed E-state index contributed by atoms with van der Waals surface area (Å²) in [4.78, 5) is 0. The maximum atomic E-state index is 9.29. The second-order valence-electron chi connectivity index (χ2n) is 4.43. The summed E-state index contributed by atoms with van der Waals surface area (Å²) in [5, 5.41) is 11.7. The maximum absolute atomic E-state index is 9.29. The van der Waals surface area contributed by atoms with Crippen LogP contribution >= 0.6 is 0 Å². The normalized spacial score (nSPS) is 31.0. The van der Waals surface area contributed by atoms with Crippen molar-refractivity contribution in [2.24, 2.45) is 5.92 Å². The van der Waals surface area contributed by atoms with Gasteiger partial charge in [0.2, 0.25) is 0 Å². The lowest BCUT2D eigenvalue weighted by molar-refractivity contribution is -0.696. The van der Waals surface area contributed by atoms with Crippen molar-refractivity contribution in [3.05, 3.63) is 0 Å². The van der Waals surface area contributed by atoms with Gasteiger partial charge >= 0.3 is 0 Å². The van der Waals surface area contributed by atoms with Gasteiger partial charge in [-0.3, -0.25) is 0 Å². The van der Waals surface area contributed by atoms with E-state index in [9.17, 15) is 5.11 Å². The van der Waals surface area contributed by atoms with Crippen LogP contribution in [0.4, 0.5) is 0 Å². The largest absolute Gasteiger partial charge is 0.393 e. The van der Waals surface area contributed by atoms with E-state index in [2.05, 4.69) is 19.2 Å². The summed E-state index contributed by atoms with van der Waals surface area (Å²) in [6.07, 6.45) is 4.43. The van der Waals surface area contributed by atoms with E-state index in [1.165, 1.54) is 19.4 Å². The fraction of sp³-hybridized carbons (Fsp3) is 1.00. The minimum atomic E-state index is -0.00583. The topological polar surface area (TPSA) is 36.8 Å². The molecule has 0 aromatic rings. The van der Waals surface area contributed by atoms with Crippen LogP contribution in [0.5, 0.6) is 0 Å². The SMILES string of the molecule is CC(C)C[NH2+]C1CCC(O)CC1. The summed E-state index contributed by atoms with van der Waals surface area (Å²) >= 11 is 0. The predicted octanol–water partition coefficient (Wildman–Crippen LogP) is 0.509. The fourth-order valence-electron chi connectivity index (χ4n) is 1.80. The third-order valence-electron chi connectivity index (χ3n) is 2.68. The Morgan fingerprint density at radius 2 is 1.83 bits per heavy atom. The molecule has 0 aliphatic heterocycles. The van der Waals surface area contributed by atoms with Crippen molar-refractivity contribution < 1.29 is 10.4 Å². The highest BCUT2D eigenvalue weighted by Gasteiger charge is 2.21. The summed E-state index contributed by atoms with van der Waals surface area (Å²) in [7, 11) is 0. The van der Waals surface area contributed by atoms with Gasteiger partial charge < -0.3 is 10.4 Å². The molecule has 1 saturated carbocycles. The number of quaternary nitrogens is 1. The minimum Gasteiger partial charge on any atom is -0.393 e. The standard InChI is InChI=1S/C10H21NO/c1-8(2)7-11-9-3-5-10(12)6-4-9/h8-12H,3-7H2,1-2H3/p+1. The van der Waals surface area contributed by atoms with Gasteiger partial charge in [-0.2, -0.15) is 0 Å². The van der Waals surface area contributed by atoms with Gasteiger partial charge in [0.25, 0.3) is 0 Å². The van der Waals surface area contributed by atoms with Gasteiger partial charge in [0, 0.05) is 18.8 Å². The van der Waals surface area contributed by atoms with E-state index in [0.29, 0.717) is 0 Å². The molecule has 12 heavy (non-hydrogen) atoms. The molecular formula is C10H22NO+. The highest BCUT2D eigenvalue weighted by atomic mass is 16.3. The van der Waals surface area contributed by atoms with Crippen LogP contribution in [-0.4, -0.2) is 23.8 Å². The summed E-state index contributed by atoms with van der Waals surface area (Å²) in [5.41, 5.74) is 0. The Balaban J connectivity index is 2.09. The summed E-state index contributed by atoms with van der Waals surface area (Å²) < 4.78 is 0. The van der Waals surface area contributed by atoms with E-state index in [-0.39, 0.29) is 6.10 Å². The molecule has 3 N–H and O–H groups in total. The third kappa shape index (κ3) is 3.55. The van der Waals surface area contributed by atoms with Crippen molar-refractivity contribution >= 4 is 0 Å². The number of aliphatic hydroxyl groups is 1. The van der Waals surface area contributed by atoms with E-state index in [0.717, 1.165) is 24.8 Å². The first-order valence-corrected chi connectivity index (χ1v) is 5.20. The molecule has 0 unspecified atom stereocenters. The van der Waals surface area contributed by atoms with Crippen molar-refractivity contribution in [3.8, 4) is 0 Å². The van der Waals surface area contributed by atoms with E-state index in [1.54, 1.807) is 0 Å². The summed E-state index contributed by atoms with van der Waals surface area (Å²) in [6.45, 7) is 5.75. The quantitative estimate of drug-likeness (QED) is 0.639. The number of nitrogens with two attached hydrogens (primary N) is 1. The zero-order valence-electron chi connectivity index (χ0n) is 8.29. The van der Waals surface area contributed by atoms with Crippen LogP contribution in [0.1, 0.15) is 39.5 Å². The Kier molecular flexibility index (Phi) is 4.02. The van der Waals surface area contributed by atoms with Gasteiger partial charge in [-0.15, -0.1) is 0 Å². The van der Waals surface area contributed by atoms with E-state index < -0.39 is 0 Å². The van der Waals surface area contributed by atoms with Crippen LogP contribution in [-0.2, 0) is 0 Å². The minimum absolute atomic E-state index is 0.00583. The van der Waals surface area contributed by atoms with Gasteiger partial charge in [-0.1, -0.05) is 13.8 Å². The van der Waals surface area contributed by atoms with Gasteiger partial charge in [0.05, 0.1) is 18.7 Å². The fourth-order valence-corrected chi connectivity index (χ4v) is 1.80. The van der Waals surface area contributed by atoms with Crippen LogP contribution in [0, 0.1) is 5.92 Å². The zero-order chi connectivity index (χ0) is 8.97. The van der Waals surface area contributed by atoms with E-state index in [4.69, 9.17) is 0 Å². The second kappa shape index (κ2) is 4.83. The Morgan fingerprint density at radius 3 is 2.33 bits per heavy atom. The first-order valence-electron chi connectivity index (χ1n) is 5.20. The van der Waals surface area contributed by atoms with Crippen LogP contribution in [0.3, 0.4) is 0 Å². The molecule has 0 radical (unpaired) electrons. The molecular weight excluding hydrogens is 150 g/mol. The zero-order valence-corrected chi connectivity index (χ0v) is 8.29. The number of aliphatic hydroxyl groups excluding tert-OH is 1. The molecule has 1 rings (SSSR count). The van der Waals surface area contributed by atoms with Crippen molar-refractivity contribution in [2.45, 2.75) is 51.7 Å². The first kappa shape index (κ1) is 10.0. The number of rotatable bonds is 3. The Morgan fingerprint density at radius 1 is 1.25 bits per heavy atom. The molecule has 2 heteroatoms. The monoisotopic (exact) mass is 172 g/mol. The Hall–Kier alpha value is -0.0800. The molecule has 0 heterocycles. The molecule has 2 nitrogen and oxygen atoms in total. The molecule has 0 spiro atoms. The average Bonchev–Trinajstić information content (AvgIpc) is 2.03. The molecule has 0 aromatic carbocycles. The molecule has 1 aliphatic rings. The lowest BCUT2D eigenvalue weighted by Gasteiger charge is -2.24. The van der Waals surface area contributed by atoms with Crippen molar-refractivity contribution in [3.63, 3.8) is 0 Å². The van der Waals surface area contributed by atoms with Gasteiger partial charge in [-0.25, -0.2) is 0 Å². The van der Waals surface area contributed by atoms with Crippen LogP contribution < -0.4 is 5.32 Å². The number of hydrogen-bond acceptors (Lipinski definition) is 1. The highest BCUT2D eigenvalue weighted by Crippen LogP contribution is 2.15. The molecule has 0 atom stereocenters. The predicted molar refractivity (Wildman–Crippen MR) is 49.9 cm³/mol. The lowest BCUT2D eigenvalue weighted by Crippen LogP contribution is -2.91. The molecule has 0 amide bonds. The van der Waals surface area contributed by atoms with Gasteiger partial charge in [-0.05, 0) is 12.8 Å². The maximum Gasteiger partial charge on any atom is 0.0861 e. The molecule has 72 valence electrons. The first-order chi connectivity index (χ1) is 5.68. The van der Waals surface area contributed by atoms with Crippen LogP contribution in [0.15, 0.2) is 0 Å². The molecule has 0 bridgehead atoms. The molecule has 0 saturated heterocycles. The van der Waals surface area contributed by atoms with Crippen LogP contribution in [0.2, 0.25) is 0 Å². The molecule has 0 aromatic heterocycles. The van der Waals surface area contributed by atoms with Crippen molar-refractivity contribution in [2.75, 3.05) is 6.54 Å². The highest BCUT2D eigenvalue weighted by molar-refractivity contribution is 4.69. The third-order valence-corrected chi connectivity index (χ3v) is 2.68.